The van der Waals surface area contributed by atoms with Crippen molar-refractivity contribution in [2.24, 2.45) is 0 Å². The van der Waals surface area contributed by atoms with Crippen LogP contribution in [0.3, 0.4) is 0 Å². The van der Waals surface area contributed by atoms with Gasteiger partial charge in [0.15, 0.2) is 0 Å². The van der Waals surface area contributed by atoms with Gasteiger partial charge < -0.3 is 18.3 Å². The summed E-state index contributed by atoms with van der Waals surface area (Å²) in [6, 6.07) is 106. The molecule has 0 amide bonds. The van der Waals surface area contributed by atoms with Gasteiger partial charge in [0, 0.05) is 65.6 Å². The molecule has 0 aliphatic carbocycles. The van der Waals surface area contributed by atoms with Crippen molar-refractivity contribution < 1.29 is 0 Å². The van der Waals surface area contributed by atoms with Gasteiger partial charge in [-0.1, -0.05) is 194 Å². The van der Waals surface area contributed by atoms with E-state index < -0.39 is 0 Å². The molecule has 0 unspecified atom stereocenters. The third kappa shape index (κ3) is 7.24. The van der Waals surface area contributed by atoms with E-state index in [2.05, 4.69) is 284 Å². The lowest BCUT2D eigenvalue weighted by atomic mass is 9.88. The Morgan fingerprint density at radius 3 is 0.919 bits per heavy atom. The average molecular weight is 1090 g/mol. The minimum atomic E-state index is 0.398. The maximum Gasteiger partial charge on any atom is 0.220 e. The Kier molecular flexibility index (Phi) is 11.0. The Morgan fingerprint density at radius 1 is 0.267 bits per heavy atom. The number of benzene rings is 13. The fourth-order valence-electron chi connectivity index (χ4n) is 13.9. The molecule has 13 aromatic carbocycles. The standard InChI is InChI=1S/C80H48N6/c1-82-78-76(51-22-6-2-7-23-51)67(50-81)79(85-70-36-20-16-32-61(70)65-48-55(40-44-74(65)85)53-38-42-72-63(46-53)59-30-14-18-34-68(59)83(72)57-26-10-4-11-27-57)77(52-24-8-3-9-25-52)80(78)86-71-37-21-17-33-62(71)66-49-56(41-45-75(66)86)54-39-43-73-64(47-54)60-31-15-19-35-69(60)84(73)58-28-12-5-13-29-58/h2-49H. The fourth-order valence-corrected chi connectivity index (χ4v) is 13.9. The van der Waals surface area contributed by atoms with Gasteiger partial charge in [-0.05, 0) is 130 Å². The van der Waals surface area contributed by atoms with Crippen molar-refractivity contribution in [3.63, 3.8) is 0 Å². The maximum absolute atomic E-state index is 12.0. The van der Waals surface area contributed by atoms with Crippen molar-refractivity contribution in [2.75, 3.05) is 0 Å². The third-order valence-corrected chi connectivity index (χ3v) is 17.6. The largest absolute Gasteiger partial charge is 0.318 e. The highest BCUT2D eigenvalue weighted by atomic mass is 15.0. The second-order valence-electron chi connectivity index (χ2n) is 22.1. The van der Waals surface area contributed by atoms with E-state index in [1.807, 2.05) is 36.4 Å². The van der Waals surface area contributed by atoms with E-state index >= 15 is 0 Å². The average Bonchev–Trinajstić information content (AvgIpc) is 1.80. The number of nitrogens with zero attached hydrogens (tertiary/aromatic N) is 6. The quantitative estimate of drug-likeness (QED) is 0.140. The van der Waals surface area contributed by atoms with Crippen LogP contribution in [0.1, 0.15) is 5.56 Å². The van der Waals surface area contributed by atoms with E-state index in [0.717, 1.165) is 116 Å². The summed E-state index contributed by atoms with van der Waals surface area (Å²) in [4.78, 5) is 4.57. The SMILES string of the molecule is [C-]#[N+]c1c(-c2ccccc2)c(C#N)c(-n2c3ccccc3c3cc(-c4ccc5c(c4)c4ccccc4n5-c4ccccc4)ccc32)c(-c2ccccc2)c1-n1c2ccccc2c2cc(-c3ccc4c(c3)c3ccccc3n4-c3ccccc3)ccc21. The van der Waals surface area contributed by atoms with Gasteiger partial charge in [-0.15, -0.1) is 0 Å². The Balaban J connectivity index is 0.927. The van der Waals surface area contributed by atoms with Gasteiger partial charge in [-0.25, -0.2) is 4.85 Å². The summed E-state index contributed by atoms with van der Waals surface area (Å²) in [6.07, 6.45) is 0. The van der Waals surface area contributed by atoms with Gasteiger partial charge in [0.25, 0.3) is 0 Å². The van der Waals surface area contributed by atoms with Crippen LogP contribution in [-0.4, -0.2) is 18.3 Å². The molecule has 4 heterocycles. The van der Waals surface area contributed by atoms with E-state index in [-0.39, 0.29) is 0 Å². The van der Waals surface area contributed by atoms with Crippen LogP contribution in [0.4, 0.5) is 5.69 Å². The van der Waals surface area contributed by atoms with Crippen LogP contribution in [0.15, 0.2) is 291 Å². The first-order valence-electron chi connectivity index (χ1n) is 29.0. The normalized spacial score (nSPS) is 11.7. The number of fused-ring (bicyclic) bond motifs is 12. The second kappa shape index (κ2) is 19.3. The number of hydrogen-bond acceptors (Lipinski definition) is 1. The van der Waals surface area contributed by atoms with Crippen LogP contribution >= 0.6 is 0 Å². The molecule has 0 N–H and O–H groups in total. The van der Waals surface area contributed by atoms with Crippen molar-refractivity contribution >= 4 is 92.9 Å². The topological polar surface area (TPSA) is 47.9 Å². The molecule has 86 heavy (non-hydrogen) atoms. The summed E-state index contributed by atoms with van der Waals surface area (Å²) in [5.74, 6) is 0. The summed E-state index contributed by atoms with van der Waals surface area (Å²) >= 11 is 0. The zero-order valence-corrected chi connectivity index (χ0v) is 46.4. The molecule has 0 aliphatic heterocycles. The van der Waals surface area contributed by atoms with Crippen LogP contribution in [0, 0.1) is 17.9 Å². The number of hydrogen-bond donors (Lipinski definition) is 0. The van der Waals surface area contributed by atoms with Gasteiger partial charge in [-0.3, -0.25) is 0 Å². The molecule has 17 rings (SSSR count). The highest BCUT2D eigenvalue weighted by Crippen LogP contribution is 2.53. The summed E-state index contributed by atoms with van der Waals surface area (Å²) in [6.45, 7) is 9.40. The van der Waals surface area contributed by atoms with E-state index in [1.54, 1.807) is 0 Å². The van der Waals surface area contributed by atoms with Crippen LogP contribution < -0.4 is 0 Å². The zero-order chi connectivity index (χ0) is 57.0. The number of nitriles is 1. The summed E-state index contributed by atoms with van der Waals surface area (Å²) in [7, 11) is 0. The Labute approximate surface area is 495 Å². The summed E-state index contributed by atoms with van der Waals surface area (Å²) < 4.78 is 9.30. The number of rotatable bonds is 8. The molecule has 0 radical (unpaired) electrons. The van der Waals surface area contributed by atoms with Gasteiger partial charge in [-0.2, -0.15) is 5.26 Å². The number of aromatic nitrogens is 4. The molecule has 6 nitrogen and oxygen atoms in total. The first-order valence-corrected chi connectivity index (χ1v) is 29.0. The van der Waals surface area contributed by atoms with Gasteiger partial charge in [0.1, 0.15) is 6.07 Å². The van der Waals surface area contributed by atoms with Gasteiger partial charge in [0.2, 0.25) is 5.69 Å². The molecule has 0 spiro atoms. The van der Waals surface area contributed by atoms with Crippen molar-refractivity contribution in [3.05, 3.63) is 308 Å². The summed E-state index contributed by atoms with van der Waals surface area (Å²) in [5, 5.41) is 21.0. The highest BCUT2D eigenvalue weighted by Gasteiger charge is 2.32. The van der Waals surface area contributed by atoms with Gasteiger partial charge >= 0.3 is 0 Å². The lowest BCUT2D eigenvalue weighted by molar-refractivity contribution is 1.13. The minimum absolute atomic E-state index is 0.398. The monoisotopic (exact) mass is 1090 g/mol. The lowest BCUT2D eigenvalue weighted by Gasteiger charge is -2.25. The molecular formula is C80H48N6. The van der Waals surface area contributed by atoms with Gasteiger partial charge in [0.05, 0.1) is 67.6 Å². The molecular weight excluding hydrogens is 1040 g/mol. The zero-order valence-electron chi connectivity index (χ0n) is 46.4. The molecule has 398 valence electrons. The van der Waals surface area contributed by atoms with Crippen molar-refractivity contribution in [3.8, 4) is 73.3 Å². The molecule has 17 aromatic rings. The first kappa shape index (κ1) is 48.7. The molecule has 6 heteroatoms. The predicted octanol–water partition coefficient (Wildman–Crippen LogP) is 21.2. The second-order valence-corrected chi connectivity index (χ2v) is 22.1. The Hall–Kier alpha value is -12.0. The molecule has 0 fully saturated rings. The van der Waals surface area contributed by atoms with E-state index in [1.165, 1.54) is 21.5 Å². The van der Waals surface area contributed by atoms with Crippen molar-refractivity contribution in [1.82, 2.24) is 18.3 Å². The minimum Gasteiger partial charge on any atom is -0.318 e. The Bertz CT molecular complexity index is 5400. The first-order chi connectivity index (χ1) is 42.6. The molecule has 0 atom stereocenters. The van der Waals surface area contributed by atoms with Crippen LogP contribution in [0.5, 0.6) is 0 Å². The van der Waals surface area contributed by atoms with Crippen molar-refractivity contribution in [1.29, 1.82) is 5.26 Å². The molecule has 4 aromatic heterocycles. The molecule has 0 bridgehead atoms. The molecule has 0 saturated heterocycles. The smallest absolute Gasteiger partial charge is 0.220 e. The maximum atomic E-state index is 12.0. The fraction of sp³-hybridized carbons (Fsp3) is 0. The third-order valence-electron chi connectivity index (χ3n) is 17.6. The lowest BCUT2D eigenvalue weighted by Crippen LogP contribution is -2.08. The van der Waals surface area contributed by atoms with Crippen LogP contribution in [-0.2, 0) is 0 Å². The molecule has 0 saturated carbocycles. The van der Waals surface area contributed by atoms with Crippen LogP contribution in [0.25, 0.3) is 159 Å². The summed E-state index contributed by atoms with van der Waals surface area (Å²) in [5.41, 5.74) is 20.3. The van der Waals surface area contributed by atoms with Crippen LogP contribution in [0.2, 0.25) is 0 Å². The molecule has 0 aliphatic rings. The van der Waals surface area contributed by atoms with E-state index in [4.69, 9.17) is 0 Å². The predicted molar refractivity (Wildman–Crippen MR) is 357 cm³/mol. The number of para-hydroxylation sites is 6. The van der Waals surface area contributed by atoms with E-state index in [9.17, 15) is 11.8 Å². The van der Waals surface area contributed by atoms with Crippen molar-refractivity contribution in [2.45, 2.75) is 0 Å². The van der Waals surface area contributed by atoms with E-state index in [0.29, 0.717) is 28.2 Å². The Morgan fingerprint density at radius 2 is 0.558 bits per heavy atom. The highest BCUT2D eigenvalue weighted by molar-refractivity contribution is 6.17.